The Bertz CT molecular complexity index is 1060. The Morgan fingerprint density at radius 1 is 1.45 bits per heavy atom. The Morgan fingerprint density at radius 3 is 2.84 bits per heavy atom. The van der Waals surface area contributed by atoms with Gasteiger partial charge in [-0.2, -0.15) is 0 Å². The molecule has 2 amide bonds. The fraction of sp³-hybridized carbons (Fsp3) is 0.400. The van der Waals surface area contributed by atoms with E-state index in [2.05, 4.69) is 25.3 Å². The van der Waals surface area contributed by atoms with Crippen molar-refractivity contribution in [1.29, 1.82) is 0 Å². The number of carbonyl (C=O) groups excluding carboxylic acids is 3. The molecule has 4 heterocycles. The molecule has 12 nitrogen and oxygen atoms in total. The van der Waals surface area contributed by atoms with Crippen LogP contribution in [0.4, 0.5) is 0 Å². The van der Waals surface area contributed by atoms with E-state index in [9.17, 15) is 24.6 Å². The van der Waals surface area contributed by atoms with Crippen LogP contribution in [0.15, 0.2) is 26.3 Å². The maximum absolute atomic E-state index is 12.6. The molecule has 0 saturated carbocycles. The summed E-state index contributed by atoms with van der Waals surface area (Å²) in [4.78, 5) is 37.6. The molecule has 1 N–H and O–H groups in total. The van der Waals surface area contributed by atoms with E-state index >= 15 is 0 Å². The van der Waals surface area contributed by atoms with Gasteiger partial charge in [-0.3, -0.25) is 14.5 Å². The second-order valence-electron chi connectivity index (χ2n) is 6.29. The van der Waals surface area contributed by atoms with Crippen LogP contribution in [0, 0.1) is 6.92 Å². The Kier molecular flexibility index (Phi) is 7.64. The van der Waals surface area contributed by atoms with Gasteiger partial charge in [0.05, 0.1) is 16.9 Å². The number of rotatable bonds is 7. The van der Waals surface area contributed by atoms with E-state index in [1.807, 2.05) is 6.92 Å². The first-order valence-electron chi connectivity index (χ1n) is 8.47. The molecule has 0 spiro atoms. The van der Waals surface area contributed by atoms with E-state index in [0.717, 1.165) is 20.8 Å². The molecule has 4 rings (SSSR count). The number of thioether (sulfide) groups is 2. The molecule has 1 fully saturated rings. The minimum Gasteiger partial charge on any atom is -0.543 e. The van der Waals surface area contributed by atoms with Gasteiger partial charge < -0.3 is 24.8 Å². The molecule has 16 heteroatoms. The Labute approximate surface area is 209 Å². The number of nitrogens with one attached hydrogen (secondary N) is 1. The maximum Gasteiger partial charge on any atom is 1.00 e. The van der Waals surface area contributed by atoms with Gasteiger partial charge in [0.15, 0.2) is 4.34 Å². The number of carbonyl (C=O) groups is 3. The number of carboxylic acids is 1. The molecule has 2 aliphatic rings. The van der Waals surface area contributed by atoms with Gasteiger partial charge in [0.1, 0.15) is 22.4 Å². The van der Waals surface area contributed by atoms with Crippen LogP contribution in [0.3, 0.4) is 0 Å². The molecule has 0 unspecified atom stereocenters. The van der Waals surface area contributed by atoms with E-state index in [4.69, 9.17) is 0 Å². The van der Waals surface area contributed by atoms with E-state index < -0.39 is 35.1 Å². The largest absolute Gasteiger partial charge is 1.00 e. The number of hydrogen-bond acceptors (Lipinski definition) is 12. The van der Waals surface area contributed by atoms with Gasteiger partial charge in [-0.25, -0.2) is 0 Å². The normalized spacial score (nSPS) is 20.0. The van der Waals surface area contributed by atoms with Crippen LogP contribution in [-0.2, 0) is 20.9 Å². The van der Waals surface area contributed by atoms with Crippen molar-refractivity contribution in [2.75, 3.05) is 11.5 Å². The van der Waals surface area contributed by atoms with Gasteiger partial charge in [0.2, 0.25) is 6.20 Å². The number of carboxylic acid groups (broad SMARTS) is 1. The Hall–Kier alpha value is -1.65. The molecule has 2 atom stereocenters. The van der Waals surface area contributed by atoms with E-state index in [1.165, 1.54) is 34.9 Å². The van der Waals surface area contributed by atoms with Crippen molar-refractivity contribution in [3.63, 3.8) is 0 Å². The number of hydrogen-bond donors (Lipinski definition) is 1. The zero-order valence-electron chi connectivity index (χ0n) is 16.3. The van der Waals surface area contributed by atoms with Crippen molar-refractivity contribution in [3.8, 4) is 5.95 Å². The van der Waals surface area contributed by atoms with Crippen molar-refractivity contribution in [3.05, 3.63) is 22.5 Å². The van der Waals surface area contributed by atoms with Gasteiger partial charge in [-0.1, -0.05) is 27.8 Å². The van der Waals surface area contributed by atoms with Gasteiger partial charge in [0.25, 0.3) is 18.4 Å². The third-order valence-electron chi connectivity index (χ3n) is 4.23. The summed E-state index contributed by atoms with van der Waals surface area (Å²) in [6.07, 6.45) is 1.00. The van der Waals surface area contributed by atoms with E-state index in [1.54, 1.807) is 0 Å². The number of aromatic nitrogens is 4. The first-order valence-corrected chi connectivity index (χ1v) is 11.3. The number of fused-ring (bicyclic) bond motifs is 1. The predicted octanol–water partition coefficient (Wildman–Crippen LogP) is -5.60. The van der Waals surface area contributed by atoms with Gasteiger partial charge in [-0.05, 0) is 12.5 Å². The van der Waals surface area contributed by atoms with Crippen molar-refractivity contribution >= 4 is 52.6 Å². The molecule has 0 aliphatic carbocycles. The fourth-order valence-electron chi connectivity index (χ4n) is 2.97. The summed E-state index contributed by atoms with van der Waals surface area (Å²) in [5.74, 6) is -2.54. The molecule has 1 saturated heterocycles. The molecule has 31 heavy (non-hydrogen) atoms. The van der Waals surface area contributed by atoms with Crippen LogP contribution >= 0.6 is 34.9 Å². The average molecular weight is 492 g/mol. The summed E-state index contributed by atoms with van der Waals surface area (Å²) >= 11 is 4.09. The first-order chi connectivity index (χ1) is 14.3. The molecule has 0 bridgehead atoms. The predicted molar refractivity (Wildman–Crippen MR) is 98.6 cm³/mol. The summed E-state index contributed by atoms with van der Waals surface area (Å²) in [5, 5.41) is 36.8. The minimum absolute atomic E-state index is 0. The summed E-state index contributed by atoms with van der Waals surface area (Å²) in [5.41, 5.74) is 0.387. The summed E-state index contributed by atoms with van der Waals surface area (Å²) in [6.45, 7) is 1.52. The number of nitrogens with zero attached hydrogens (tertiary/aromatic N) is 5. The Morgan fingerprint density at radius 2 is 2.23 bits per heavy atom. The van der Waals surface area contributed by atoms with Crippen molar-refractivity contribution in [1.82, 2.24) is 25.7 Å². The molecule has 0 aromatic carbocycles. The fourth-order valence-corrected chi connectivity index (χ4v) is 6.27. The van der Waals surface area contributed by atoms with Crippen LogP contribution in [0.1, 0.15) is 5.01 Å². The topological polar surface area (TPSA) is 168 Å². The van der Waals surface area contributed by atoms with Gasteiger partial charge >= 0.3 is 29.6 Å². The zero-order chi connectivity index (χ0) is 21.4. The standard InChI is InChI=1S/C15H14N6O6S3.Na/c1-6-17-18-15(30-6)29-5-7-4-28-13-10(12(24)21(13)11(7)14(25)26)16-8(22)2-20-3-9(23)27-19-20;/h3,10,13H,2,4-5H2,1H3,(H2-,16,19,22,23,25,26);/q;+1/p-1/t10-,13-;/m1./s1. The quantitative estimate of drug-likeness (QED) is 0.169. The van der Waals surface area contributed by atoms with Crippen LogP contribution in [0.2, 0.25) is 0 Å². The van der Waals surface area contributed by atoms with Crippen LogP contribution in [-0.4, -0.2) is 61.1 Å². The number of aliphatic carboxylic acids is 1. The Balaban J connectivity index is 0.00000272. The van der Waals surface area contributed by atoms with E-state index in [0.29, 0.717) is 21.4 Å². The average Bonchev–Trinajstić information content (AvgIpc) is 3.31. The number of amides is 2. The number of β-lactam (4-membered cyclic amide) rings is 1. The number of aryl methyl sites for hydroxylation is 1. The second-order valence-corrected chi connectivity index (χ2v) is 9.80. The first kappa shape index (κ1) is 24.0. The molecule has 2 aliphatic heterocycles. The summed E-state index contributed by atoms with van der Waals surface area (Å²) in [6, 6.07) is -0.879. The molecule has 2 aromatic rings. The van der Waals surface area contributed by atoms with Crippen molar-refractivity contribution in [2.45, 2.75) is 29.2 Å². The smallest absolute Gasteiger partial charge is 0.543 e. The van der Waals surface area contributed by atoms with Crippen molar-refractivity contribution < 1.29 is 63.4 Å². The van der Waals surface area contributed by atoms with Crippen LogP contribution in [0.25, 0.3) is 0 Å². The maximum atomic E-state index is 12.6. The third-order valence-corrected chi connectivity index (χ3v) is 7.63. The molecule has 0 radical (unpaired) electrons. The van der Waals surface area contributed by atoms with Gasteiger partial charge in [-0.15, -0.1) is 22.0 Å². The third kappa shape index (κ3) is 5.06. The molecule has 158 valence electrons. The summed E-state index contributed by atoms with van der Waals surface area (Å²) < 4.78 is 6.04. The monoisotopic (exact) mass is 492 g/mol. The minimum atomic E-state index is -1.44. The second kappa shape index (κ2) is 9.87. The molecular formula is C15H13N6NaO6S3. The van der Waals surface area contributed by atoms with E-state index in [-0.39, 0.29) is 41.8 Å². The van der Waals surface area contributed by atoms with Crippen LogP contribution < -0.4 is 49.8 Å². The van der Waals surface area contributed by atoms with Crippen molar-refractivity contribution in [2.24, 2.45) is 0 Å². The zero-order valence-corrected chi connectivity index (χ0v) is 20.7. The van der Waals surface area contributed by atoms with Gasteiger partial charge in [0, 0.05) is 11.5 Å². The SMILES string of the molecule is Cc1nnc(SCC2=C(C(=O)[O-])N3C(=O)[C@@H](NC(=O)C[n+]4cc([O-])on4)[C@H]3SC2)s1.[Na+]. The molecule has 2 aromatic heterocycles. The summed E-state index contributed by atoms with van der Waals surface area (Å²) in [7, 11) is 0. The molecular weight excluding hydrogens is 479 g/mol. The van der Waals surface area contributed by atoms with Crippen LogP contribution in [0.5, 0.6) is 5.95 Å².